The van der Waals surface area contributed by atoms with Gasteiger partial charge in [-0.15, -0.1) is 0 Å². The van der Waals surface area contributed by atoms with E-state index in [0.29, 0.717) is 9.49 Å². The van der Waals surface area contributed by atoms with Crippen LogP contribution in [0.25, 0.3) is 11.0 Å². The molecule has 2 heterocycles. The van der Waals surface area contributed by atoms with E-state index in [4.69, 9.17) is 0 Å². The van der Waals surface area contributed by atoms with Crippen LogP contribution in [0.4, 0.5) is 0 Å². The fraction of sp³-hybridized carbons (Fsp3) is 0.267. The first-order chi connectivity index (χ1) is 9.45. The molecule has 0 aliphatic carbocycles. The van der Waals surface area contributed by atoms with Crippen LogP contribution in [0.3, 0.4) is 0 Å². The van der Waals surface area contributed by atoms with Crippen molar-refractivity contribution < 1.29 is 0 Å². The molecule has 3 rings (SSSR count). The maximum atomic E-state index is 12.1. The molecule has 0 bridgehead atoms. The van der Waals surface area contributed by atoms with Crippen LogP contribution in [0.2, 0.25) is 0 Å². The van der Waals surface area contributed by atoms with Gasteiger partial charge in [0.15, 0.2) is 0 Å². The van der Waals surface area contributed by atoms with Crippen LogP contribution in [0.5, 0.6) is 0 Å². The monoisotopic (exact) mass is 285 g/mol. The zero-order chi connectivity index (χ0) is 14.3. The zero-order valence-electron chi connectivity index (χ0n) is 11.6. The lowest BCUT2D eigenvalue weighted by Gasteiger charge is -2.18. The van der Waals surface area contributed by atoms with E-state index in [1.807, 2.05) is 18.2 Å². The molecule has 0 fully saturated rings. The maximum Gasteiger partial charge on any atom is 0.291 e. The second-order valence-electron chi connectivity index (χ2n) is 5.74. The molecule has 0 radical (unpaired) electrons. The minimum absolute atomic E-state index is 0.109. The van der Waals surface area contributed by atoms with E-state index in [9.17, 15) is 4.79 Å². The molecule has 102 valence electrons. The van der Waals surface area contributed by atoms with Crippen LogP contribution in [0.15, 0.2) is 35.4 Å². The zero-order valence-corrected chi connectivity index (χ0v) is 12.4. The van der Waals surface area contributed by atoms with Crippen LogP contribution in [0.1, 0.15) is 31.9 Å². The number of nitrogens with zero attached hydrogens (tertiary/aromatic N) is 3. The first kappa shape index (κ1) is 13.0. The third-order valence-electron chi connectivity index (χ3n) is 3.20. The molecule has 4 nitrogen and oxygen atoms in total. The van der Waals surface area contributed by atoms with Crippen molar-refractivity contribution in [2.45, 2.75) is 26.2 Å². The van der Waals surface area contributed by atoms with E-state index in [-0.39, 0.29) is 11.0 Å². The summed E-state index contributed by atoms with van der Waals surface area (Å²) in [6, 6.07) is 8.28. The van der Waals surface area contributed by atoms with Gasteiger partial charge in [-0.3, -0.25) is 4.79 Å². The van der Waals surface area contributed by atoms with Crippen molar-refractivity contribution in [3.05, 3.63) is 56.6 Å². The predicted molar refractivity (Wildman–Crippen MR) is 81.1 cm³/mol. The standard InChI is InChI=1S/C15H15N3OS/c1-15(2,3)11-6-4-10(5-7-11)8-12-13(19)18-14(20-12)16-9-17-18/h4-9H,1-3H3/b12-8+. The number of benzene rings is 1. The fourth-order valence-electron chi connectivity index (χ4n) is 2.01. The summed E-state index contributed by atoms with van der Waals surface area (Å²) in [7, 11) is 0. The second kappa shape index (κ2) is 4.52. The number of fused-ring (bicyclic) bond motifs is 1. The van der Waals surface area contributed by atoms with Crippen molar-refractivity contribution in [1.82, 2.24) is 14.6 Å². The van der Waals surface area contributed by atoms with Crippen molar-refractivity contribution in [1.29, 1.82) is 0 Å². The SMILES string of the molecule is CC(C)(C)c1ccc(/C=c2/sc3ncnn3c2=O)cc1. The van der Waals surface area contributed by atoms with E-state index in [2.05, 4.69) is 43.0 Å². The molecule has 20 heavy (non-hydrogen) atoms. The Labute approximate surface area is 120 Å². The second-order valence-corrected chi connectivity index (χ2v) is 6.75. The fourth-order valence-corrected chi connectivity index (χ4v) is 2.89. The van der Waals surface area contributed by atoms with Gasteiger partial charge < -0.3 is 0 Å². The molecular weight excluding hydrogens is 270 g/mol. The first-order valence-corrected chi connectivity index (χ1v) is 7.21. The molecule has 3 aromatic rings. The van der Waals surface area contributed by atoms with Gasteiger partial charge in [-0.2, -0.15) is 9.61 Å². The molecule has 0 saturated carbocycles. The topological polar surface area (TPSA) is 47.3 Å². The molecule has 0 atom stereocenters. The molecule has 0 amide bonds. The van der Waals surface area contributed by atoms with Gasteiger partial charge in [0, 0.05) is 0 Å². The molecule has 0 aliphatic rings. The van der Waals surface area contributed by atoms with Crippen LogP contribution >= 0.6 is 11.3 Å². The third-order valence-corrected chi connectivity index (χ3v) is 4.17. The summed E-state index contributed by atoms with van der Waals surface area (Å²) in [6.45, 7) is 6.55. The van der Waals surface area contributed by atoms with Gasteiger partial charge in [0.2, 0.25) is 4.96 Å². The van der Waals surface area contributed by atoms with Crippen molar-refractivity contribution in [2.75, 3.05) is 0 Å². The number of hydrogen-bond donors (Lipinski definition) is 0. The Kier molecular flexibility index (Phi) is 2.94. The highest BCUT2D eigenvalue weighted by atomic mass is 32.1. The summed E-state index contributed by atoms with van der Waals surface area (Å²) < 4.78 is 1.99. The van der Waals surface area contributed by atoms with Crippen molar-refractivity contribution in [3.8, 4) is 0 Å². The van der Waals surface area contributed by atoms with Crippen LogP contribution < -0.4 is 10.1 Å². The predicted octanol–water partition coefficient (Wildman–Crippen LogP) is 2.00. The quantitative estimate of drug-likeness (QED) is 0.687. The Morgan fingerprint density at radius 3 is 2.50 bits per heavy atom. The molecule has 0 spiro atoms. The molecule has 2 aromatic heterocycles. The minimum atomic E-state index is -0.109. The van der Waals surface area contributed by atoms with Gasteiger partial charge in [0.25, 0.3) is 5.56 Å². The van der Waals surface area contributed by atoms with E-state index in [0.717, 1.165) is 5.56 Å². The lowest BCUT2D eigenvalue weighted by atomic mass is 9.87. The van der Waals surface area contributed by atoms with E-state index < -0.39 is 0 Å². The van der Waals surface area contributed by atoms with E-state index >= 15 is 0 Å². The molecule has 5 heteroatoms. The Morgan fingerprint density at radius 2 is 1.90 bits per heavy atom. The van der Waals surface area contributed by atoms with Crippen LogP contribution in [-0.2, 0) is 5.41 Å². The Balaban J connectivity index is 2.06. The lowest BCUT2D eigenvalue weighted by molar-refractivity contribution is 0.590. The minimum Gasteiger partial charge on any atom is -0.266 e. The molecule has 1 aromatic carbocycles. The smallest absolute Gasteiger partial charge is 0.266 e. The number of thiazole rings is 1. The summed E-state index contributed by atoms with van der Waals surface area (Å²) in [5, 5.41) is 3.91. The maximum absolute atomic E-state index is 12.1. The molecule has 0 aliphatic heterocycles. The van der Waals surface area contributed by atoms with Gasteiger partial charge >= 0.3 is 0 Å². The van der Waals surface area contributed by atoms with E-state index in [1.165, 1.54) is 27.7 Å². The van der Waals surface area contributed by atoms with Gasteiger partial charge in [-0.1, -0.05) is 56.4 Å². The summed E-state index contributed by atoms with van der Waals surface area (Å²) in [4.78, 5) is 16.7. The Morgan fingerprint density at radius 1 is 1.20 bits per heavy atom. The van der Waals surface area contributed by atoms with Crippen molar-refractivity contribution >= 4 is 22.4 Å². The highest BCUT2D eigenvalue weighted by Gasteiger charge is 2.12. The highest BCUT2D eigenvalue weighted by molar-refractivity contribution is 7.15. The van der Waals surface area contributed by atoms with Gasteiger partial charge in [-0.25, -0.2) is 4.98 Å². The Hall–Kier alpha value is -2.01. The number of hydrogen-bond acceptors (Lipinski definition) is 4. The van der Waals surface area contributed by atoms with Crippen molar-refractivity contribution in [2.24, 2.45) is 0 Å². The largest absolute Gasteiger partial charge is 0.291 e. The highest BCUT2D eigenvalue weighted by Crippen LogP contribution is 2.22. The Bertz CT molecular complexity index is 853. The van der Waals surface area contributed by atoms with Crippen molar-refractivity contribution in [3.63, 3.8) is 0 Å². The van der Waals surface area contributed by atoms with Crippen LogP contribution in [0, 0.1) is 0 Å². The summed E-state index contributed by atoms with van der Waals surface area (Å²) >= 11 is 1.36. The third kappa shape index (κ3) is 2.25. The average molecular weight is 285 g/mol. The van der Waals surface area contributed by atoms with Crippen LogP contribution in [-0.4, -0.2) is 14.6 Å². The average Bonchev–Trinajstić information content (AvgIpc) is 2.94. The summed E-state index contributed by atoms with van der Waals surface area (Å²) in [6.07, 6.45) is 3.28. The van der Waals surface area contributed by atoms with E-state index in [1.54, 1.807) is 0 Å². The first-order valence-electron chi connectivity index (χ1n) is 6.40. The van der Waals surface area contributed by atoms with Gasteiger partial charge in [-0.05, 0) is 22.6 Å². The van der Waals surface area contributed by atoms with Gasteiger partial charge in [0.05, 0.1) is 4.53 Å². The number of aromatic nitrogens is 3. The normalized spacial score (nSPS) is 13.2. The number of rotatable bonds is 1. The molecular formula is C15H15N3OS. The molecule has 0 saturated heterocycles. The molecule has 0 unspecified atom stereocenters. The summed E-state index contributed by atoms with van der Waals surface area (Å²) in [5.41, 5.74) is 2.32. The molecule has 0 N–H and O–H groups in total. The van der Waals surface area contributed by atoms with Gasteiger partial charge in [0.1, 0.15) is 6.33 Å². The summed E-state index contributed by atoms with van der Waals surface area (Å²) in [5.74, 6) is 0. The lowest BCUT2D eigenvalue weighted by Crippen LogP contribution is -2.23.